The second kappa shape index (κ2) is 16.4. The Morgan fingerprint density at radius 2 is 1.80 bits per heavy atom. The number of alkyl halides is 3. The SMILES string of the molecule is CCN1C(=O)C(CCNc2ccc(C(=O)NCCN3CCCC3)c(NC(=O)C(C)(C)C)c2)SC1CC(C#N)C(=O)NCC(F)(F)F. The highest BCUT2D eigenvalue weighted by molar-refractivity contribution is 8.01. The normalized spacial score (nSPS) is 19.4. The van der Waals surface area contributed by atoms with Crippen LogP contribution in [0.4, 0.5) is 24.5 Å². The molecule has 0 bridgehead atoms. The summed E-state index contributed by atoms with van der Waals surface area (Å²) < 4.78 is 37.6. The van der Waals surface area contributed by atoms with Gasteiger partial charge in [-0.2, -0.15) is 18.4 Å². The van der Waals surface area contributed by atoms with Crippen LogP contribution < -0.4 is 21.3 Å². The summed E-state index contributed by atoms with van der Waals surface area (Å²) in [4.78, 5) is 55.0. The Morgan fingerprint density at radius 3 is 2.41 bits per heavy atom. The summed E-state index contributed by atoms with van der Waals surface area (Å²) in [6.45, 7) is 9.52. The molecule has 3 unspecified atom stereocenters. The molecular formula is C31H44F3N7O4S. The number of nitriles is 1. The highest BCUT2D eigenvalue weighted by Crippen LogP contribution is 2.37. The quantitative estimate of drug-likeness (QED) is 0.235. The van der Waals surface area contributed by atoms with Gasteiger partial charge in [0.05, 0.1) is 27.9 Å². The Hall–Kier alpha value is -3.51. The molecule has 3 atom stereocenters. The number of halogens is 3. The molecule has 254 valence electrons. The Balaban J connectivity index is 1.62. The number of likely N-dealkylation sites (tertiary alicyclic amines) is 1. The molecule has 11 nitrogen and oxygen atoms in total. The molecule has 1 aromatic rings. The van der Waals surface area contributed by atoms with Gasteiger partial charge in [-0.25, -0.2) is 0 Å². The lowest BCUT2D eigenvalue weighted by Crippen LogP contribution is -2.40. The van der Waals surface area contributed by atoms with Crippen molar-refractivity contribution in [2.24, 2.45) is 11.3 Å². The van der Waals surface area contributed by atoms with Gasteiger partial charge in [0, 0.05) is 43.7 Å². The van der Waals surface area contributed by atoms with Gasteiger partial charge in [-0.15, -0.1) is 11.8 Å². The maximum absolute atomic E-state index is 13.1. The number of nitrogens with zero attached hydrogens (tertiary/aromatic N) is 3. The van der Waals surface area contributed by atoms with Crippen molar-refractivity contribution in [3.63, 3.8) is 0 Å². The molecule has 2 saturated heterocycles. The molecule has 2 aliphatic heterocycles. The average molecular weight is 668 g/mol. The molecule has 4 amide bonds. The summed E-state index contributed by atoms with van der Waals surface area (Å²) in [6, 6.07) is 6.81. The van der Waals surface area contributed by atoms with Crippen molar-refractivity contribution in [3.8, 4) is 6.07 Å². The molecular weight excluding hydrogens is 623 g/mol. The summed E-state index contributed by atoms with van der Waals surface area (Å²) in [5.74, 6) is -3.08. The van der Waals surface area contributed by atoms with E-state index < -0.39 is 40.6 Å². The van der Waals surface area contributed by atoms with E-state index in [4.69, 9.17) is 0 Å². The predicted molar refractivity (Wildman–Crippen MR) is 171 cm³/mol. The van der Waals surface area contributed by atoms with Crippen molar-refractivity contribution in [1.29, 1.82) is 5.26 Å². The Labute approximate surface area is 272 Å². The van der Waals surface area contributed by atoms with E-state index in [-0.39, 0.29) is 24.1 Å². The maximum atomic E-state index is 13.1. The van der Waals surface area contributed by atoms with Gasteiger partial charge in [-0.3, -0.25) is 19.2 Å². The van der Waals surface area contributed by atoms with E-state index in [0.29, 0.717) is 43.0 Å². The van der Waals surface area contributed by atoms with Gasteiger partial charge < -0.3 is 31.1 Å². The Kier molecular flexibility index (Phi) is 13.1. The molecule has 2 fully saturated rings. The van der Waals surface area contributed by atoms with Gasteiger partial charge >= 0.3 is 6.18 Å². The van der Waals surface area contributed by atoms with Crippen LogP contribution in [0.2, 0.25) is 0 Å². The summed E-state index contributed by atoms with van der Waals surface area (Å²) in [5, 5.41) is 19.2. The highest BCUT2D eigenvalue weighted by atomic mass is 32.2. The highest BCUT2D eigenvalue weighted by Gasteiger charge is 2.41. The van der Waals surface area contributed by atoms with E-state index >= 15 is 0 Å². The minimum Gasteiger partial charge on any atom is -0.385 e. The van der Waals surface area contributed by atoms with Crippen molar-refractivity contribution in [3.05, 3.63) is 23.8 Å². The second-order valence-corrected chi connectivity index (χ2v) is 13.8. The third kappa shape index (κ3) is 10.8. The molecule has 0 aliphatic carbocycles. The monoisotopic (exact) mass is 667 g/mol. The third-order valence-corrected chi connectivity index (χ3v) is 9.31. The minimum atomic E-state index is -4.60. The van der Waals surface area contributed by atoms with E-state index in [1.165, 1.54) is 16.7 Å². The van der Waals surface area contributed by atoms with Crippen LogP contribution in [0.3, 0.4) is 0 Å². The van der Waals surface area contributed by atoms with E-state index in [0.717, 1.165) is 32.5 Å². The molecule has 3 rings (SSSR count). The van der Waals surface area contributed by atoms with Crippen LogP contribution in [0, 0.1) is 22.7 Å². The lowest BCUT2D eigenvalue weighted by molar-refractivity contribution is -0.140. The molecule has 0 saturated carbocycles. The largest absolute Gasteiger partial charge is 0.405 e. The lowest BCUT2D eigenvalue weighted by Gasteiger charge is -2.23. The first-order chi connectivity index (χ1) is 21.6. The molecule has 1 aromatic carbocycles. The molecule has 15 heteroatoms. The van der Waals surface area contributed by atoms with Crippen LogP contribution in [0.5, 0.6) is 0 Å². The smallest absolute Gasteiger partial charge is 0.385 e. The number of carbonyl (C=O) groups excluding carboxylic acids is 4. The predicted octanol–water partition coefficient (Wildman–Crippen LogP) is 3.80. The zero-order valence-corrected chi connectivity index (χ0v) is 27.6. The van der Waals surface area contributed by atoms with Gasteiger partial charge in [0.15, 0.2) is 0 Å². The molecule has 4 N–H and O–H groups in total. The minimum absolute atomic E-state index is 0.0905. The van der Waals surface area contributed by atoms with E-state index in [1.54, 1.807) is 57.3 Å². The summed E-state index contributed by atoms with van der Waals surface area (Å²) >= 11 is 1.28. The molecule has 46 heavy (non-hydrogen) atoms. The Morgan fingerprint density at radius 1 is 1.11 bits per heavy atom. The van der Waals surface area contributed by atoms with Gasteiger partial charge in [0.2, 0.25) is 17.7 Å². The van der Waals surface area contributed by atoms with Gasteiger partial charge in [-0.1, -0.05) is 20.8 Å². The van der Waals surface area contributed by atoms with Crippen LogP contribution >= 0.6 is 11.8 Å². The van der Waals surface area contributed by atoms with Gasteiger partial charge in [0.25, 0.3) is 5.91 Å². The first kappa shape index (κ1) is 37.0. The van der Waals surface area contributed by atoms with Crippen molar-refractivity contribution in [2.45, 2.75) is 70.2 Å². The van der Waals surface area contributed by atoms with Crippen LogP contribution in [-0.4, -0.2) is 96.0 Å². The van der Waals surface area contributed by atoms with Gasteiger partial charge in [0.1, 0.15) is 12.5 Å². The van der Waals surface area contributed by atoms with E-state index in [9.17, 15) is 37.6 Å². The summed E-state index contributed by atoms with van der Waals surface area (Å²) in [5.41, 5.74) is 0.624. The zero-order valence-electron chi connectivity index (χ0n) is 26.8. The molecule has 0 radical (unpaired) electrons. The van der Waals surface area contributed by atoms with Crippen molar-refractivity contribution in [1.82, 2.24) is 20.4 Å². The lowest BCUT2D eigenvalue weighted by atomic mass is 9.95. The van der Waals surface area contributed by atoms with E-state index in [2.05, 4.69) is 20.9 Å². The second-order valence-electron chi connectivity index (χ2n) is 12.4. The third-order valence-electron chi connectivity index (χ3n) is 7.78. The summed E-state index contributed by atoms with van der Waals surface area (Å²) in [7, 11) is 0. The number of hydrogen-bond acceptors (Lipinski definition) is 8. The zero-order chi connectivity index (χ0) is 34.1. The first-order valence-corrected chi connectivity index (χ1v) is 16.5. The number of rotatable bonds is 14. The molecule has 2 heterocycles. The Bertz CT molecular complexity index is 1290. The number of thioether (sulfide) groups is 1. The number of nitrogens with one attached hydrogen (secondary N) is 4. The maximum Gasteiger partial charge on any atom is 0.405 e. The number of amides is 4. The van der Waals surface area contributed by atoms with Crippen LogP contribution in [-0.2, 0) is 14.4 Å². The number of anilines is 2. The standard InChI is InChI=1S/C31H44F3N7O4S/c1-5-41-25(16-20(18-35)26(42)38-19-31(32,33)34)46-24(28(41)44)10-11-36-21-8-9-22(23(17-21)39-29(45)30(2,3)4)27(43)37-12-15-40-13-6-7-14-40/h8-9,17,20,24-25,36H,5-7,10-16,19H2,1-4H3,(H,37,43)(H,38,42)(H,39,45). The average Bonchev–Trinajstić information content (AvgIpc) is 3.61. The van der Waals surface area contributed by atoms with Crippen LogP contribution in [0.15, 0.2) is 18.2 Å². The van der Waals surface area contributed by atoms with Gasteiger partial charge in [-0.05, 0) is 57.5 Å². The van der Waals surface area contributed by atoms with Crippen molar-refractivity contribution < 1.29 is 32.3 Å². The molecule has 0 aromatic heterocycles. The molecule has 0 spiro atoms. The van der Waals surface area contributed by atoms with Crippen LogP contribution in [0.25, 0.3) is 0 Å². The number of benzene rings is 1. The number of hydrogen-bond donors (Lipinski definition) is 4. The van der Waals surface area contributed by atoms with Crippen molar-refractivity contribution >= 4 is 46.8 Å². The molecule has 2 aliphatic rings. The summed E-state index contributed by atoms with van der Waals surface area (Å²) in [6.07, 6.45) is -1.99. The van der Waals surface area contributed by atoms with Crippen LogP contribution in [0.1, 0.15) is 63.7 Å². The fourth-order valence-electron chi connectivity index (χ4n) is 5.15. The fourth-order valence-corrected chi connectivity index (χ4v) is 6.74. The van der Waals surface area contributed by atoms with E-state index in [1.807, 2.05) is 0 Å². The topological polar surface area (TPSA) is 147 Å². The number of carbonyl (C=O) groups is 4. The first-order valence-electron chi connectivity index (χ1n) is 15.5. The fraction of sp³-hybridized carbons (Fsp3) is 0.645. The van der Waals surface area contributed by atoms with Crippen molar-refractivity contribution in [2.75, 3.05) is 56.4 Å².